The minimum atomic E-state index is -1.33. The summed E-state index contributed by atoms with van der Waals surface area (Å²) in [6, 6.07) is 7.71. The van der Waals surface area contributed by atoms with E-state index in [1.54, 1.807) is 17.8 Å². The molecule has 0 radical (unpaired) electrons. The van der Waals surface area contributed by atoms with E-state index in [1.165, 1.54) is 0 Å². The van der Waals surface area contributed by atoms with Gasteiger partial charge in [-0.25, -0.2) is 0 Å². The highest BCUT2D eigenvalue weighted by atomic mass is 32.2. The van der Waals surface area contributed by atoms with Crippen LogP contribution in [0.4, 0.5) is 0 Å². The van der Waals surface area contributed by atoms with Crippen molar-refractivity contribution in [3.05, 3.63) is 34.7 Å². The molecule has 20 heavy (non-hydrogen) atoms. The molecule has 0 unspecified atom stereocenters. The molecule has 0 bridgehead atoms. The number of hydrogen-bond acceptors (Lipinski definition) is 6. The van der Waals surface area contributed by atoms with Crippen molar-refractivity contribution in [1.82, 2.24) is 4.90 Å². The molecule has 0 aromatic heterocycles. The van der Waals surface area contributed by atoms with Crippen LogP contribution in [-0.2, 0) is 9.59 Å². The Kier molecular flexibility index (Phi) is 4.85. The zero-order valence-corrected chi connectivity index (χ0v) is 12.9. The number of aliphatic carboxylic acids is 1. The molecule has 2 rings (SSSR count). The van der Waals surface area contributed by atoms with Gasteiger partial charge in [-0.15, -0.1) is 11.8 Å². The molecular formula is C13H10NO3S3-. The lowest BCUT2D eigenvalue weighted by molar-refractivity contribution is -0.305. The molecule has 1 aromatic carbocycles. The molecule has 1 aliphatic heterocycles. The summed E-state index contributed by atoms with van der Waals surface area (Å²) >= 11 is 7.74. The Morgan fingerprint density at radius 1 is 1.45 bits per heavy atom. The van der Waals surface area contributed by atoms with Crippen molar-refractivity contribution in [2.75, 3.05) is 12.8 Å². The van der Waals surface area contributed by atoms with Crippen molar-refractivity contribution in [2.45, 2.75) is 4.90 Å². The van der Waals surface area contributed by atoms with Crippen LogP contribution in [-0.4, -0.2) is 33.9 Å². The number of hydrogen-bond donors (Lipinski definition) is 0. The molecule has 1 aliphatic rings. The highest BCUT2D eigenvalue weighted by molar-refractivity contribution is 8.26. The second kappa shape index (κ2) is 6.43. The quantitative estimate of drug-likeness (QED) is 0.473. The maximum absolute atomic E-state index is 12.0. The first-order chi connectivity index (χ1) is 9.51. The number of rotatable bonds is 4. The predicted octanol–water partition coefficient (Wildman–Crippen LogP) is 1.36. The Morgan fingerprint density at radius 2 is 2.10 bits per heavy atom. The van der Waals surface area contributed by atoms with Gasteiger partial charge in [0.1, 0.15) is 4.32 Å². The number of thioether (sulfide) groups is 2. The molecule has 0 saturated carbocycles. The molecule has 104 valence electrons. The summed E-state index contributed by atoms with van der Waals surface area (Å²) < 4.78 is 0.242. The normalized spacial score (nSPS) is 17.1. The van der Waals surface area contributed by atoms with E-state index in [9.17, 15) is 14.7 Å². The molecular weight excluding hydrogens is 314 g/mol. The lowest BCUT2D eigenvalue weighted by atomic mass is 10.2. The molecule has 1 fully saturated rings. The molecule has 0 atom stereocenters. The van der Waals surface area contributed by atoms with E-state index >= 15 is 0 Å². The third-order valence-electron chi connectivity index (χ3n) is 2.57. The molecule has 0 aliphatic carbocycles. The number of nitrogens with zero attached hydrogens (tertiary/aromatic N) is 1. The molecule has 0 N–H and O–H groups in total. The number of carbonyl (C=O) groups is 2. The van der Waals surface area contributed by atoms with Crippen LogP contribution in [0.1, 0.15) is 5.56 Å². The van der Waals surface area contributed by atoms with Crippen LogP contribution in [0.25, 0.3) is 6.08 Å². The van der Waals surface area contributed by atoms with Crippen molar-refractivity contribution in [3.8, 4) is 0 Å². The average Bonchev–Trinajstić information content (AvgIpc) is 2.67. The zero-order valence-electron chi connectivity index (χ0n) is 10.5. The summed E-state index contributed by atoms with van der Waals surface area (Å²) in [5, 5.41) is 10.6. The van der Waals surface area contributed by atoms with Crippen LogP contribution in [0.3, 0.4) is 0 Å². The van der Waals surface area contributed by atoms with Gasteiger partial charge < -0.3 is 9.90 Å². The van der Waals surface area contributed by atoms with Gasteiger partial charge in [0.2, 0.25) is 0 Å². The monoisotopic (exact) mass is 324 g/mol. The summed E-state index contributed by atoms with van der Waals surface area (Å²) in [6.45, 7) is -0.507. The minimum Gasteiger partial charge on any atom is -0.548 e. The van der Waals surface area contributed by atoms with Crippen LogP contribution >= 0.6 is 35.7 Å². The smallest absolute Gasteiger partial charge is 0.266 e. The van der Waals surface area contributed by atoms with Gasteiger partial charge in [0.15, 0.2) is 0 Å². The molecule has 1 saturated heterocycles. The average molecular weight is 324 g/mol. The van der Waals surface area contributed by atoms with Gasteiger partial charge in [0, 0.05) is 4.90 Å². The first-order valence-electron chi connectivity index (χ1n) is 5.60. The van der Waals surface area contributed by atoms with Crippen molar-refractivity contribution in [3.63, 3.8) is 0 Å². The Balaban J connectivity index is 2.20. The van der Waals surface area contributed by atoms with Crippen molar-refractivity contribution >= 4 is 58.0 Å². The van der Waals surface area contributed by atoms with Gasteiger partial charge >= 0.3 is 0 Å². The SMILES string of the molecule is CSc1ccc(/C=C2/SC(=S)N(CC(=O)[O-])C2=O)cc1. The maximum atomic E-state index is 12.0. The number of benzene rings is 1. The molecule has 1 aromatic rings. The van der Waals surface area contributed by atoms with E-state index in [0.29, 0.717) is 4.91 Å². The van der Waals surface area contributed by atoms with E-state index in [2.05, 4.69) is 0 Å². The van der Waals surface area contributed by atoms with Crippen molar-refractivity contribution in [1.29, 1.82) is 0 Å². The summed E-state index contributed by atoms with van der Waals surface area (Å²) in [6.07, 6.45) is 3.69. The Morgan fingerprint density at radius 3 is 2.65 bits per heavy atom. The number of carboxylic acids is 1. The van der Waals surface area contributed by atoms with Crippen LogP contribution in [0.15, 0.2) is 34.1 Å². The fourth-order valence-electron chi connectivity index (χ4n) is 1.62. The van der Waals surface area contributed by atoms with Crippen molar-refractivity contribution < 1.29 is 14.7 Å². The van der Waals surface area contributed by atoms with Crippen LogP contribution in [0, 0.1) is 0 Å². The highest BCUT2D eigenvalue weighted by Gasteiger charge is 2.31. The Bertz CT molecular complexity index is 595. The van der Waals surface area contributed by atoms with Gasteiger partial charge in [-0.3, -0.25) is 9.69 Å². The molecule has 0 spiro atoms. The Hall–Kier alpha value is -1.31. The van der Waals surface area contributed by atoms with Crippen molar-refractivity contribution in [2.24, 2.45) is 0 Å². The third-order valence-corrected chi connectivity index (χ3v) is 4.70. The summed E-state index contributed by atoms with van der Waals surface area (Å²) in [7, 11) is 0. The van der Waals surface area contributed by atoms with E-state index in [4.69, 9.17) is 12.2 Å². The topological polar surface area (TPSA) is 60.4 Å². The zero-order chi connectivity index (χ0) is 14.7. The second-order valence-electron chi connectivity index (χ2n) is 3.91. The van der Waals surface area contributed by atoms with Gasteiger partial charge in [-0.2, -0.15) is 0 Å². The lowest BCUT2D eigenvalue weighted by Gasteiger charge is -2.14. The first-order valence-corrected chi connectivity index (χ1v) is 8.05. The van der Waals surface area contributed by atoms with E-state index in [0.717, 1.165) is 27.1 Å². The first kappa shape index (κ1) is 15.1. The summed E-state index contributed by atoms with van der Waals surface area (Å²) in [5.41, 5.74) is 0.872. The fourth-order valence-corrected chi connectivity index (χ4v) is 3.28. The van der Waals surface area contributed by atoms with Gasteiger partial charge in [0.05, 0.1) is 17.4 Å². The number of carboxylic acid groups (broad SMARTS) is 1. The van der Waals surface area contributed by atoms with E-state index in [1.807, 2.05) is 30.5 Å². The molecule has 1 heterocycles. The van der Waals surface area contributed by atoms with Gasteiger partial charge in [0.25, 0.3) is 5.91 Å². The minimum absolute atomic E-state index is 0.242. The molecule has 7 heteroatoms. The number of carbonyl (C=O) groups excluding carboxylic acids is 2. The van der Waals surface area contributed by atoms with Gasteiger partial charge in [-0.05, 0) is 30.0 Å². The summed E-state index contributed by atoms with van der Waals surface area (Å²) in [5.74, 6) is -1.72. The number of amides is 1. The standard InChI is InChI=1S/C13H11NO3S3/c1-19-9-4-2-8(3-5-9)6-10-12(17)14(7-11(15)16)13(18)20-10/h2-6H,7H2,1H3,(H,15,16)/p-1/b10-6+. The van der Waals surface area contributed by atoms with Crippen LogP contribution in [0.5, 0.6) is 0 Å². The predicted molar refractivity (Wildman–Crippen MR) is 83.1 cm³/mol. The van der Waals surface area contributed by atoms with Crippen LogP contribution < -0.4 is 5.11 Å². The summed E-state index contributed by atoms with van der Waals surface area (Å²) in [4.78, 5) is 25.2. The largest absolute Gasteiger partial charge is 0.548 e. The lowest BCUT2D eigenvalue weighted by Crippen LogP contribution is -2.40. The Labute approximate surface area is 130 Å². The molecule has 4 nitrogen and oxygen atoms in total. The fraction of sp³-hybridized carbons (Fsp3) is 0.154. The van der Waals surface area contributed by atoms with Crippen LogP contribution in [0.2, 0.25) is 0 Å². The van der Waals surface area contributed by atoms with Gasteiger partial charge in [-0.1, -0.05) is 36.1 Å². The van der Waals surface area contributed by atoms with E-state index < -0.39 is 18.4 Å². The third kappa shape index (κ3) is 3.41. The maximum Gasteiger partial charge on any atom is 0.266 e. The number of thiocarbonyl (C=S) groups is 1. The van der Waals surface area contributed by atoms with E-state index in [-0.39, 0.29) is 4.32 Å². The molecule has 1 amide bonds. The highest BCUT2D eigenvalue weighted by Crippen LogP contribution is 2.32. The second-order valence-corrected chi connectivity index (χ2v) is 6.47.